The summed E-state index contributed by atoms with van der Waals surface area (Å²) in [6.45, 7) is 2.77. The van der Waals surface area contributed by atoms with Crippen molar-refractivity contribution in [2.75, 3.05) is 5.32 Å². The van der Waals surface area contributed by atoms with Crippen LogP contribution >= 0.6 is 11.6 Å². The van der Waals surface area contributed by atoms with Crippen molar-refractivity contribution in [1.29, 1.82) is 0 Å². The van der Waals surface area contributed by atoms with E-state index >= 15 is 0 Å². The predicted molar refractivity (Wildman–Crippen MR) is 71.9 cm³/mol. The van der Waals surface area contributed by atoms with Gasteiger partial charge in [0.05, 0.1) is 11.9 Å². The number of hydrogen-bond donors (Lipinski definition) is 1. The molecule has 0 spiro atoms. The van der Waals surface area contributed by atoms with Crippen LogP contribution in [0.5, 0.6) is 0 Å². The third-order valence-electron chi connectivity index (χ3n) is 2.59. The summed E-state index contributed by atoms with van der Waals surface area (Å²) in [5, 5.41) is 6.89. The van der Waals surface area contributed by atoms with E-state index in [0.29, 0.717) is 17.1 Å². The Morgan fingerprint density at radius 2 is 2.11 bits per heavy atom. The molecule has 2 aromatic rings. The molecular formula is C13H14ClN3O. The van der Waals surface area contributed by atoms with Crippen molar-refractivity contribution in [3.8, 4) is 0 Å². The topological polar surface area (TPSA) is 46.9 Å². The van der Waals surface area contributed by atoms with E-state index in [4.69, 9.17) is 11.6 Å². The van der Waals surface area contributed by atoms with Crippen LogP contribution in [0.4, 0.5) is 5.69 Å². The summed E-state index contributed by atoms with van der Waals surface area (Å²) in [5.74, 6) is 0.303. The van der Waals surface area contributed by atoms with Gasteiger partial charge in [-0.1, -0.05) is 12.1 Å². The van der Waals surface area contributed by atoms with Crippen molar-refractivity contribution in [1.82, 2.24) is 9.78 Å². The molecule has 4 nitrogen and oxygen atoms in total. The van der Waals surface area contributed by atoms with Crippen LogP contribution in [-0.4, -0.2) is 15.7 Å². The summed E-state index contributed by atoms with van der Waals surface area (Å²) >= 11 is 5.70. The molecule has 1 amide bonds. The number of hydrogen-bond acceptors (Lipinski definition) is 2. The SMILES string of the molecule is CCn1cc(NC(=O)c2ccc(CCl)cc2)cn1. The van der Waals surface area contributed by atoms with E-state index in [9.17, 15) is 4.79 Å². The van der Waals surface area contributed by atoms with Crippen molar-refractivity contribution in [3.63, 3.8) is 0 Å². The number of carbonyl (C=O) groups is 1. The molecule has 1 aromatic heterocycles. The molecule has 0 radical (unpaired) electrons. The Kier molecular flexibility index (Phi) is 3.99. The second kappa shape index (κ2) is 5.69. The maximum absolute atomic E-state index is 11.9. The van der Waals surface area contributed by atoms with Gasteiger partial charge in [0, 0.05) is 24.2 Å². The number of amides is 1. The first-order chi connectivity index (χ1) is 8.72. The lowest BCUT2D eigenvalue weighted by molar-refractivity contribution is 0.102. The molecule has 5 heteroatoms. The average Bonchev–Trinajstić information content (AvgIpc) is 2.86. The molecule has 0 saturated carbocycles. The number of benzene rings is 1. The van der Waals surface area contributed by atoms with Gasteiger partial charge in [-0.15, -0.1) is 11.6 Å². The molecule has 2 rings (SSSR count). The fourth-order valence-electron chi connectivity index (χ4n) is 1.55. The van der Waals surface area contributed by atoms with Crippen molar-refractivity contribution in [3.05, 3.63) is 47.8 Å². The monoisotopic (exact) mass is 263 g/mol. The molecule has 0 atom stereocenters. The minimum Gasteiger partial charge on any atom is -0.319 e. The summed E-state index contributed by atoms with van der Waals surface area (Å²) in [5.41, 5.74) is 2.29. The van der Waals surface area contributed by atoms with E-state index in [2.05, 4.69) is 10.4 Å². The summed E-state index contributed by atoms with van der Waals surface area (Å²) in [4.78, 5) is 11.9. The van der Waals surface area contributed by atoms with E-state index in [1.165, 1.54) is 0 Å². The minimum atomic E-state index is -0.147. The fraction of sp³-hybridized carbons (Fsp3) is 0.231. The zero-order valence-electron chi connectivity index (χ0n) is 10.1. The van der Waals surface area contributed by atoms with E-state index < -0.39 is 0 Å². The van der Waals surface area contributed by atoms with Gasteiger partial charge in [0.1, 0.15) is 0 Å². The summed E-state index contributed by atoms with van der Waals surface area (Å²) < 4.78 is 1.76. The van der Waals surface area contributed by atoms with Crippen molar-refractivity contribution in [2.24, 2.45) is 0 Å². The van der Waals surface area contributed by atoms with Gasteiger partial charge in [0.2, 0.25) is 0 Å². The molecule has 1 heterocycles. The first kappa shape index (κ1) is 12.6. The van der Waals surface area contributed by atoms with Gasteiger partial charge in [0.15, 0.2) is 0 Å². The van der Waals surface area contributed by atoms with Crippen LogP contribution in [0.1, 0.15) is 22.8 Å². The highest BCUT2D eigenvalue weighted by Crippen LogP contribution is 2.10. The first-order valence-corrected chi connectivity index (χ1v) is 6.25. The van der Waals surface area contributed by atoms with Crippen LogP contribution in [0, 0.1) is 0 Å². The summed E-state index contributed by atoms with van der Waals surface area (Å²) in [6, 6.07) is 7.21. The van der Waals surface area contributed by atoms with Crippen LogP contribution in [0.2, 0.25) is 0 Å². The average molecular weight is 264 g/mol. The molecule has 1 N–H and O–H groups in total. The van der Waals surface area contributed by atoms with E-state index in [1.54, 1.807) is 29.2 Å². The quantitative estimate of drug-likeness (QED) is 0.862. The Morgan fingerprint density at radius 3 is 2.67 bits per heavy atom. The first-order valence-electron chi connectivity index (χ1n) is 5.71. The number of aryl methyl sites for hydroxylation is 1. The van der Waals surface area contributed by atoms with Crippen LogP contribution in [0.25, 0.3) is 0 Å². The van der Waals surface area contributed by atoms with E-state index in [1.807, 2.05) is 19.1 Å². The molecule has 0 saturated heterocycles. The molecule has 0 aliphatic rings. The summed E-state index contributed by atoms with van der Waals surface area (Å²) in [6.07, 6.45) is 3.43. The number of alkyl halides is 1. The third kappa shape index (κ3) is 2.90. The van der Waals surface area contributed by atoms with Crippen LogP contribution in [0.3, 0.4) is 0 Å². The highest BCUT2D eigenvalue weighted by molar-refractivity contribution is 6.17. The van der Waals surface area contributed by atoms with Gasteiger partial charge in [-0.05, 0) is 24.6 Å². The lowest BCUT2D eigenvalue weighted by atomic mass is 10.1. The Hall–Kier alpha value is -1.81. The van der Waals surface area contributed by atoms with Crippen LogP contribution < -0.4 is 5.32 Å². The van der Waals surface area contributed by atoms with Crippen molar-refractivity contribution in [2.45, 2.75) is 19.3 Å². The van der Waals surface area contributed by atoms with Crippen molar-refractivity contribution >= 4 is 23.2 Å². The third-order valence-corrected chi connectivity index (χ3v) is 2.89. The number of nitrogens with one attached hydrogen (secondary N) is 1. The number of rotatable bonds is 4. The minimum absolute atomic E-state index is 0.147. The predicted octanol–water partition coefficient (Wildman–Crippen LogP) is 2.89. The molecule has 1 aromatic carbocycles. The van der Waals surface area contributed by atoms with E-state index in [0.717, 1.165) is 12.1 Å². The lowest BCUT2D eigenvalue weighted by Gasteiger charge is -2.03. The summed E-state index contributed by atoms with van der Waals surface area (Å²) in [7, 11) is 0. The molecule has 0 aliphatic carbocycles. The Bertz CT molecular complexity index is 533. The molecule has 0 unspecified atom stereocenters. The number of halogens is 1. The van der Waals surface area contributed by atoms with Crippen molar-refractivity contribution < 1.29 is 4.79 Å². The Morgan fingerprint density at radius 1 is 1.39 bits per heavy atom. The van der Waals surface area contributed by atoms with Crippen LogP contribution in [-0.2, 0) is 12.4 Å². The molecule has 0 fully saturated rings. The number of carbonyl (C=O) groups excluding carboxylic acids is 1. The lowest BCUT2D eigenvalue weighted by Crippen LogP contribution is -2.11. The molecule has 0 aliphatic heterocycles. The van der Waals surface area contributed by atoms with E-state index in [-0.39, 0.29) is 5.91 Å². The second-order valence-corrected chi connectivity index (χ2v) is 4.14. The Labute approximate surface area is 111 Å². The maximum Gasteiger partial charge on any atom is 0.255 e. The van der Waals surface area contributed by atoms with Gasteiger partial charge in [-0.3, -0.25) is 9.48 Å². The number of aromatic nitrogens is 2. The van der Waals surface area contributed by atoms with Gasteiger partial charge >= 0.3 is 0 Å². The smallest absolute Gasteiger partial charge is 0.255 e. The van der Waals surface area contributed by atoms with Crippen LogP contribution in [0.15, 0.2) is 36.7 Å². The standard InChI is InChI=1S/C13H14ClN3O/c1-2-17-9-12(8-15-17)16-13(18)11-5-3-10(7-14)4-6-11/h3-6,8-9H,2,7H2,1H3,(H,16,18). The normalized spacial score (nSPS) is 10.3. The number of nitrogens with zero attached hydrogens (tertiary/aromatic N) is 2. The zero-order chi connectivity index (χ0) is 13.0. The maximum atomic E-state index is 11.9. The zero-order valence-corrected chi connectivity index (χ0v) is 10.8. The number of anilines is 1. The fourth-order valence-corrected chi connectivity index (χ4v) is 1.73. The van der Waals surface area contributed by atoms with Gasteiger partial charge in [0.25, 0.3) is 5.91 Å². The second-order valence-electron chi connectivity index (χ2n) is 3.87. The van der Waals surface area contributed by atoms with Gasteiger partial charge < -0.3 is 5.32 Å². The van der Waals surface area contributed by atoms with Gasteiger partial charge in [-0.2, -0.15) is 5.10 Å². The highest BCUT2D eigenvalue weighted by Gasteiger charge is 2.07. The highest BCUT2D eigenvalue weighted by atomic mass is 35.5. The largest absolute Gasteiger partial charge is 0.319 e. The molecule has 0 bridgehead atoms. The van der Waals surface area contributed by atoms with Gasteiger partial charge in [-0.25, -0.2) is 0 Å². The molecular weight excluding hydrogens is 250 g/mol. The molecule has 18 heavy (non-hydrogen) atoms. The Balaban J connectivity index is 2.06. The molecule has 94 valence electrons.